The van der Waals surface area contributed by atoms with E-state index < -0.39 is 23.2 Å². The number of ether oxygens (including phenoxy) is 1. The maximum Gasteiger partial charge on any atom is 0.311 e. The molecular weight excluding hydrogens is 500 g/mol. The lowest BCUT2D eigenvalue weighted by Crippen LogP contribution is -2.50. The third kappa shape index (κ3) is 5.40. The van der Waals surface area contributed by atoms with Crippen LogP contribution in [-0.4, -0.2) is 45.6 Å². The van der Waals surface area contributed by atoms with Gasteiger partial charge in [0.05, 0.1) is 18.0 Å². The summed E-state index contributed by atoms with van der Waals surface area (Å²) < 4.78 is 5.90. The van der Waals surface area contributed by atoms with Crippen molar-refractivity contribution in [1.29, 1.82) is 0 Å². The van der Waals surface area contributed by atoms with Crippen molar-refractivity contribution in [3.8, 4) is 11.1 Å². The predicted molar refractivity (Wildman–Crippen MR) is 154 cm³/mol. The van der Waals surface area contributed by atoms with E-state index in [0.29, 0.717) is 11.1 Å². The van der Waals surface area contributed by atoms with Crippen molar-refractivity contribution in [2.75, 3.05) is 6.54 Å². The van der Waals surface area contributed by atoms with Gasteiger partial charge in [-0.2, -0.15) is 0 Å². The summed E-state index contributed by atoms with van der Waals surface area (Å²) in [5, 5.41) is 12.6. The number of carbonyl (C=O) groups excluding carboxylic acids is 2. The Morgan fingerprint density at radius 3 is 1.85 bits per heavy atom. The number of carbonyl (C=O) groups is 2. The van der Waals surface area contributed by atoms with E-state index in [-0.39, 0.29) is 30.5 Å². The molecule has 4 aromatic rings. The summed E-state index contributed by atoms with van der Waals surface area (Å²) in [6, 6.07) is 31.4. The molecule has 204 valence electrons. The Labute approximate surface area is 235 Å². The number of hydrogen-bond donors (Lipinski definition) is 1. The zero-order valence-electron chi connectivity index (χ0n) is 23.0. The zero-order valence-corrected chi connectivity index (χ0v) is 23.0. The van der Waals surface area contributed by atoms with Gasteiger partial charge < -0.3 is 14.7 Å². The molecule has 1 aromatic heterocycles. The second-order valence-electron chi connectivity index (χ2n) is 11.3. The van der Waals surface area contributed by atoms with E-state index in [9.17, 15) is 14.7 Å². The lowest BCUT2D eigenvalue weighted by Gasteiger charge is -2.39. The summed E-state index contributed by atoms with van der Waals surface area (Å²) in [5.41, 5.74) is 1.22. The van der Waals surface area contributed by atoms with Gasteiger partial charge in [0.25, 0.3) is 5.91 Å². The van der Waals surface area contributed by atoms with Crippen molar-refractivity contribution in [2.24, 2.45) is 5.41 Å². The van der Waals surface area contributed by atoms with Crippen LogP contribution in [0.5, 0.6) is 0 Å². The Balaban J connectivity index is 1.54. The number of likely N-dealkylation sites (tertiary alicyclic amines) is 1. The summed E-state index contributed by atoms with van der Waals surface area (Å²) in [4.78, 5) is 33.0. The summed E-state index contributed by atoms with van der Waals surface area (Å²) in [5.74, 6) is -0.678. The first-order valence-electron chi connectivity index (χ1n) is 13.5. The van der Waals surface area contributed by atoms with Crippen molar-refractivity contribution in [2.45, 2.75) is 44.9 Å². The minimum absolute atomic E-state index is 0.148. The molecule has 0 saturated carbocycles. The van der Waals surface area contributed by atoms with Gasteiger partial charge in [-0.1, -0.05) is 97.1 Å². The van der Waals surface area contributed by atoms with Crippen LogP contribution in [0.3, 0.4) is 0 Å². The van der Waals surface area contributed by atoms with Crippen LogP contribution in [0.15, 0.2) is 109 Å². The molecule has 3 aromatic carbocycles. The smallest absolute Gasteiger partial charge is 0.311 e. The van der Waals surface area contributed by atoms with E-state index in [1.807, 2.05) is 97.1 Å². The average Bonchev–Trinajstić information content (AvgIpc) is 3.41. The van der Waals surface area contributed by atoms with Crippen LogP contribution in [0.2, 0.25) is 0 Å². The summed E-state index contributed by atoms with van der Waals surface area (Å²) in [7, 11) is 0. The summed E-state index contributed by atoms with van der Waals surface area (Å²) in [6.45, 7) is 5.54. The Morgan fingerprint density at radius 2 is 1.35 bits per heavy atom. The first-order valence-corrected chi connectivity index (χ1v) is 13.5. The molecule has 40 heavy (non-hydrogen) atoms. The van der Waals surface area contributed by atoms with Gasteiger partial charge >= 0.3 is 5.97 Å². The van der Waals surface area contributed by atoms with Crippen LogP contribution in [0.4, 0.5) is 0 Å². The highest BCUT2D eigenvalue weighted by molar-refractivity contribution is 5.93. The minimum Gasteiger partial charge on any atom is -0.460 e. The molecule has 6 nitrogen and oxygen atoms in total. The fraction of sp³-hybridized carbons (Fsp3) is 0.265. The van der Waals surface area contributed by atoms with E-state index >= 15 is 0 Å². The third-order valence-corrected chi connectivity index (χ3v) is 7.41. The molecule has 0 unspecified atom stereocenters. The number of aromatic nitrogens is 1. The molecule has 6 heteroatoms. The van der Waals surface area contributed by atoms with Gasteiger partial charge in [0, 0.05) is 18.2 Å². The van der Waals surface area contributed by atoms with Crippen LogP contribution in [-0.2, 0) is 15.1 Å². The minimum atomic E-state index is -1.55. The molecule has 1 fully saturated rings. The first-order chi connectivity index (χ1) is 19.2. The number of hydrogen-bond acceptors (Lipinski definition) is 5. The van der Waals surface area contributed by atoms with E-state index in [0.717, 1.165) is 11.1 Å². The van der Waals surface area contributed by atoms with Crippen molar-refractivity contribution in [1.82, 2.24) is 9.88 Å². The van der Waals surface area contributed by atoms with E-state index in [1.54, 1.807) is 37.9 Å². The number of esters is 1. The van der Waals surface area contributed by atoms with Gasteiger partial charge in [0.2, 0.25) is 0 Å². The number of nitrogens with zero attached hydrogens (tertiary/aromatic N) is 2. The van der Waals surface area contributed by atoms with Crippen molar-refractivity contribution in [3.05, 3.63) is 126 Å². The normalized spacial score (nSPS) is 17.4. The van der Waals surface area contributed by atoms with Crippen molar-refractivity contribution < 1.29 is 19.4 Å². The van der Waals surface area contributed by atoms with E-state index in [1.165, 1.54) is 0 Å². The van der Waals surface area contributed by atoms with E-state index in [4.69, 9.17) is 4.74 Å². The van der Waals surface area contributed by atoms with Gasteiger partial charge in [-0.3, -0.25) is 14.6 Å². The number of pyridine rings is 1. The standard InChI is InChI=1S/C34H34N2O4/c1-33(2,3)32(38)40-28-21-30(34(39,26-15-9-5-10-16-26)27-17-11-6-12-18-27)36(23-28)31(37)29-20-19-25(22-35-29)24-13-7-4-8-14-24/h4-20,22,28,30,39H,21,23H2,1-3H3/t28-,30+/m1/s1. The Morgan fingerprint density at radius 1 is 0.800 bits per heavy atom. The van der Waals surface area contributed by atoms with Gasteiger partial charge in [-0.05, 0) is 43.5 Å². The molecule has 0 radical (unpaired) electrons. The van der Waals surface area contributed by atoms with Crippen LogP contribution in [0.1, 0.15) is 48.8 Å². The number of benzene rings is 3. The van der Waals surface area contributed by atoms with Gasteiger partial charge in [0.15, 0.2) is 0 Å². The Kier molecular flexibility index (Phi) is 7.55. The predicted octanol–water partition coefficient (Wildman–Crippen LogP) is 5.86. The molecule has 0 aliphatic carbocycles. The van der Waals surface area contributed by atoms with Crippen LogP contribution in [0.25, 0.3) is 11.1 Å². The van der Waals surface area contributed by atoms with Crippen molar-refractivity contribution in [3.63, 3.8) is 0 Å². The third-order valence-electron chi connectivity index (χ3n) is 7.41. The molecule has 5 rings (SSSR count). The number of amides is 1. The molecule has 0 spiro atoms. The SMILES string of the molecule is CC(C)(C)C(=O)O[C@@H]1C[C@@H](C(O)(c2ccccc2)c2ccccc2)N(C(=O)c2ccc(-c3ccccc3)cn2)C1. The summed E-state index contributed by atoms with van der Waals surface area (Å²) in [6.07, 6.45) is 1.38. The topological polar surface area (TPSA) is 79.7 Å². The number of aliphatic hydroxyl groups is 1. The van der Waals surface area contributed by atoms with Crippen LogP contribution in [0, 0.1) is 5.41 Å². The maximum absolute atomic E-state index is 14.1. The number of rotatable bonds is 6. The molecule has 1 amide bonds. The Hall–Kier alpha value is -4.29. The molecule has 1 aliphatic rings. The van der Waals surface area contributed by atoms with Gasteiger partial charge in [-0.25, -0.2) is 0 Å². The largest absolute Gasteiger partial charge is 0.460 e. The molecule has 0 bridgehead atoms. The molecule has 1 aliphatic heterocycles. The lowest BCUT2D eigenvalue weighted by atomic mass is 9.78. The fourth-order valence-electron chi connectivity index (χ4n) is 5.24. The highest BCUT2D eigenvalue weighted by Gasteiger charge is 2.51. The molecule has 1 N–H and O–H groups in total. The van der Waals surface area contributed by atoms with E-state index in [2.05, 4.69) is 4.98 Å². The van der Waals surface area contributed by atoms with Crippen LogP contribution < -0.4 is 0 Å². The van der Waals surface area contributed by atoms with Gasteiger partial charge in [0.1, 0.15) is 17.4 Å². The molecular formula is C34H34N2O4. The molecule has 2 heterocycles. The highest BCUT2D eigenvalue weighted by Crippen LogP contribution is 2.42. The monoisotopic (exact) mass is 534 g/mol. The van der Waals surface area contributed by atoms with Gasteiger partial charge in [-0.15, -0.1) is 0 Å². The lowest BCUT2D eigenvalue weighted by molar-refractivity contribution is -0.158. The second kappa shape index (κ2) is 11.1. The maximum atomic E-state index is 14.1. The highest BCUT2D eigenvalue weighted by atomic mass is 16.5. The second-order valence-corrected chi connectivity index (χ2v) is 11.3. The zero-order chi connectivity index (χ0) is 28.3. The first kappa shape index (κ1) is 27.3. The average molecular weight is 535 g/mol. The summed E-state index contributed by atoms with van der Waals surface area (Å²) >= 11 is 0. The molecule has 1 saturated heterocycles. The van der Waals surface area contributed by atoms with Crippen LogP contribution >= 0.6 is 0 Å². The Bertz CT molecular complexity index is 1410. The fourth-order valence-corrected chi connectivity index (χ4v) is 5.24. The van der Waals surface area contributed by atoms with Crippen molar-refractivity contribution >= 4 is 11.9 Å². The quantitative estimate of drug-likeness (QED) is 0.314. The molecule has 2 atom stereocenters.